The van der Waals surface area contributed by atoms with Crippen molar-refractivity contribution in [3.05, 3.63) is 47.3 Å². The maximum Gasteiger partial charge on any atom is 0.410 e. The number of nitrogens with zero attached hydrogens (tertiary/aromatic N) is 3. The molecule has 13 heteroatoms. The van der Waals surface area contributed by atoms with Crippen molar-refractivity contribution in [1.82, 2.24) is 14.1 Å². The predicted molar refractivity (Wildman–Crippen MR) is 163 cm³/mol. The van der Waals surface area contributed by atoms with Crippen molar-refractivity contribution < 1.29 is 37.0 Å². The van der Waals surface area contributed by atoms with Crippen molar-refractivity contribution in [2.45, 2.75) is 58.3 Å². The van der Waals surface area contributed by atoms with Crippen LogP contribution in [0.5, 0.6) is 0 Å². The second-order valence-corrected chi connectivity index (χ2v) is 13.6. The summed E-state index contributed by atoms with van der Waals surface area (Å²) in [5.41, 5.74) is 0.974. The molecule has 2 aliphatic heterocycles. The van der Waals surface area contributed by atoms with E-state index < -0.39 is 40.3 Å². The van der Waals surface area contributed by atoms with E-state index in [1.165, 1.54) is 26.2 Å². The summed E-state index contributed by atoms with van der Waals surface area (Å²) in [4.78, 5) is 29.6. The van der Waals surface area contributed by atoms with Crippen LogP contribution in [-0.4, -0.2) is 105 Å². The van der Waals surface area contributed by atoms with Gasteiger partial charge in [-0.1, -0.05) is 26.0 Å². The van der Waals surface area contributed by atoms with E-state index in [9.17, 15) is 27.5 Å². The first-order chi connectivity index (χ1) is 20.1. The van der Waals surface area contributed by atoms with Gasteiger partial charge in [-0.2, -0.15) is 12.7 Å². The van der Waals surface area contributed by atoms with E-state index in [1.54, 1.807) is 17.9 Å². The van der Waals surface area contributed by atoms with Crippen LogP contribution in [0, 0.1) is 17.7 Å². The number of carbonyl (C=O) groups is 2. The lowest BCUT2D eigenvalue weighted by atomic mass is 9.91. The Balaban J connectivity index is 1.88. The zero-order valence-corrected chi connectivity index (χ0v) is 26.6. The highest BCUT2D eigenvalue weighted by atomic mass is 32.2. The van der Waals surface area contributed by atoms with Crippen molar-refractivity contribution in [3.63, 3.8) is 0 Å². The van der Waals surface area contributed by atoms with E-state index >= 15 is 0 Å². The number of cyclic esters (lactones) is 1. The quantitative estimate of drug-likeness (QED) is 0.364. The molecule has 1 saturated heterocycles. The lowest BCUT2D eigenvalue weighted by Crippen LogP contribution is -2.48. The summed E-state index contributed by atoms with van der Waals surface area (Å²) >= 11 is 0. The summed E-state index contributed by atoms with van der Waals surface area (Å²) in [5.74, 6) is -1.72. The molecule has 1 aromatic rings. The molecular formula is C30H45FN4O7S. The molecule has 5 atom stereocenters. The number of nitrogens with one attached hydrogen (secondary N) is 1. The molecule has 2 aliphatic rings. The Morgan fingerprint density at radius 3 is 2.47 bits per heavy atom. The van der Waals surface area contributed by atoms with Gasteiger partial charge in [0.2, 0.25) is 0 Å². The minimum atomic E-state index is -3.85. The fraction of sp³-hybridized carbons (Fsp3) is 0.600. The number of hydrogen-bond donors (Lipinski definition) is 2. The van der Waals surface area contributed by atoms with Crippen LogP contribution >= 0.6 is 0 Å². The third-order valence-corrected chi connectivity index (χ3v) is 9.20. The second-order valence-electron chi connectivity index (χ2n) is 11.8. The predicted octanol–water partition coefficient (Wildman–Crippen LogP) is 3.48. The maximum atomic E-state index is 14.5. The van der Waals surface area contributed by atoms with Gasteiger partial charge >= 0.3 is 22.3 Å². The molecule has 0 radical (unpaired) electrons. The molecule has 0 spiro atoms. The Bertz CT molecular complexity index is 1300. The van der Waals surface area contributed by atoms with E-state index in [1.807, 2.05) is 33.0 Å². The van der Waals surface area contributed by atoms with Crippen LogP contribution in [0.1, 0.15) is 45.6 Å². The Morgan fingerprint density at radius 2 is 1.81 bits per heavy atom. The normalized spacial score (nSPS) is 27.6. The summed E-state index contributed by atoms with van der Waals surface area (Å²) in [5, 5.41) is 10.5. The van der Waals surface area contributed by atoms with Crippen LogP contribution in [0.2, 0.25) is 0 Å². The number of rotatable bonds is 6. The number of amides is 1. The first kappa shape index (κ1) is 34.5. The van der Waals surface area contributed by atoms with Crippen LogP contribution in [0.3, 0.4) is 0 Å². The topological polar surface area (TPSA) is 129 Å². The molecule has 0 aliphatic carbocycles. The van der Waals surface area contributed by atoms with Crippen molar-refractivity contribution in [1.29, 1.82) is 0 Å². The summed E-state index contributed by atoms with van der Waals surface area (Å²) in [7, 11) is 0.866. The third kappa shape index (κ3) is 10.3. The number of carbonyl (C=O) groups excluding carboxylic acids is 2. The fourth-order valence-corrected chi connectivity index (χ4v) is 5.57. The maximum absolute atomic E-state index is 14.5. The van der Waals surface area contributed by atoms with Gasteiger partial charge in [-0.15, -0.1) is 0 Å². The number of ether oxygens (including phenoxy) is 2. The van der Waals surface area contributed by atoms with Crippen LogP contribution in [0.25, 0.3) is 6.08 Å². The van der Waals surface area contributed by atoms with E-state index in [2.05, 4.69) is 9.62 Å². The molecular weight excluding hydrogens is 579 g/mol. The second kappa shape index (κ2) is 15.1. The number of piperazine rings is 1. The Hall–Kier alpha value is -3.00. The van der Waals surface area contributed by atoms with Gasteiger partial charge in [-0.25, -0.2) is 9.18 Å². The molecule has 2 heterocycles. The van der Waals surface area contributed by atoms with Crippen molar-refractivity contribution in [2.75, 3.05) is 52.0 Å². The summed E-state index contributed by atoms with van der Waals surface area (Å²) in [6.45, 7) is 8.21. The monoisotopic (exact) mass is 624 g/mol. The summed E-state index contributed by atoms with van der Waals surface area (Å²) in [6.07, 6.45) is 3.28. The van der Waals surface area contributed by atoms with Gasteiger partial charge in [0, 0.05) is 46.2 Å². The number of likely N-dealkylation sites (N-methyl/N-ethyl adjacent to an activating group) is 1. The van der Waals surface area contributed by atoms with Gasteiger partial charge in [0.05, 0.1) is 18.2 Å². The van der Waals surface area contributed by atoms with Crippen molar-refractivity contribution in [2.24, 2.45) is 11.8 Å². The number of aliphatic hydroxyl groups excluding tert-OH is 1. The van der Waals surface area contributed by atoms with Crippen LogP contribution in [0.4, 0.5) is 14.9 Å². The molecule has 0 unspecified atom stereocenters. The Labute approximate surface area is 254 Å². The highest BCUT2D eigenvalue weighted by Crippen LogP contribution is 2.27. The molecule has 1 aromatic carbocycles. The first-order valence-electron chi connectivity index (χ1n) is 14.5. The fourth-order valence-electron chi connectivity index (χ4n) is 4.97. The lowest BCUT2D eigenvalue weighted by Gasteiger charge is -2.33. The molecule has 43 heavy (non-hydrogen) atoms. The molecule has 240 valence electrons. The SMILES string of the molecule is C/C(=C\c1cc(F)cc(NS(=O)(=O)N(C)C)c1)[C@H]1OC(=O)C[C@H](O)CC[C@H](C)[C@@H](OC(=O)N2CCN(C)CC2)/C=C\[C@@H]1C. The Kier molecular flexibility index (Phi) is 12.1. The number of benzene rings is 1. The third-order valence-electron chi connectivity index (χ3n) is 7.75. The Morgan fingerprint density at radius 1 is 1.14 bits per heavy atom. The van der Waals surface area contributed by atoms with Gasteiger partial charge in [0.25, 0.3) is 0 Å². The number of esters is 1. The molecule has 2 N–H and O–H groups in total. The standard InChI is InChI=1S/C30H45FN4O7S/c1-20-7-9-26(36)19-28(37)42-29(21(2)8-10-27(20)41-30(38)35-13-11-34(6)12-14-35)22(3)15-23-16-24(31)18-25(17-23)32-43(39,40)33(4)5/h8,10,15-18,20-21,26-27,29,32,36H,7,9,11-14,19H2,1-6H3/b10-8-,22-15+/t20-,21-,26+,27-,29-/m0/s1. The molecule has 0 saturated carbocycles. The lowest BCUT2D eigenvalue weighted by molar-refractivity contribution is -0.151. The van der Waals surface area contributed by atoms with Gasteiger partial charge in [-0.05, 0) is 68.1 Å². The minimum absolute atomic E-state index is 0.0403. The highest BCUT2D eigenvalue weighted by Gasteiger charge is 2.29. The molecule has 1 amide bonds. The zero-order valence-electron chi connectivity index (χ0n) is 25.8. The van der Waals surface area contributed by atoms with Gasteiger partial charge in [-0.3, -0.25) is 9.52 Å². The van der Waals surface area contributed by atoms with E-state index in [4.69, 9.17) is 9.47 Å². The number of halogens is 1. The van der Waals surface area contributed by atoms with Crippen molar-refractivity contribution in [3.8, 4) is 0 Å². The van der Waals surface area contributed by atoms with Gasteiger partial charge in [0.1, 0.15) is 18.0 Å². The van der Waals surface area contributed by atoms with Crippen LogP contribution in [-0.2, 0) is 24.5 Å². The molecule has 3 rings (SSSR count). The highest BCUT2D eigenvalue weighted by molar-refractivity contribution is 7.90. The average Bonchev–Trinajstić information content (AvgIpc) is 2.91. The molecule has 0 bridgehead atoms. The molecule has 11 nitrogen and oxygen atoms in total. The smallest absolute Gasteiger partial charge is 0.410 e. The largest absolute Gasteiger partial charge is 0.457 e. The minimum Gasteiger partial charge on any atom is -0.457 e. The van der Waals surface area contributed by atoms with E-state index in [0.29, 0.717) is 37.1 Å². The number of hydrogen-bond acceptors (Lipinski definition) is 8. The van der Waals surface area contributed by atoms with Gasteiger partial charge < -0.3 is 24.4 Å². The molecule has 0 aromatic heterocycles. The average molecular weight is 625 g/mol. The number of aliphatic hydroxyl groups is 1. The van der Waals surface area contributed by atoms with Crippen molar-refractivity contribution >= 4 is 34.0 Å². The van der Waals surface area contributed by atoms with Crippen LogP contribution in [0.15, 0.2) is 35.9 Å². The summed E-state index contributed by atoms with van der Waals surface area (Å²) < 4.78 is 54.0. The van der Waals surface area contributed by atoms with Gasteiger partial charge in [0.15, 0.2) is 0 Å². The van der Waals surface area contributed by atoms with E-state index in [-0.39, 0.29) is 30.0 Å². The molecule has 1 fully saturated rings. The number of anilines is 1. The summed E-state index contributed by atoms with van der Waals surface area (Å²) in [6, 6.07) is 3.79. The first-order valence-corrected chi connectivity index (χ1v) is 16.0. The zero-order chi connectivity index (χ0) is 31.9. The van der Waals surface area contributed by atoms with Crippen LogP contribution < -0.4 is 4.72 Å². The van der Waals surface area contributed by atoms with E-state index in [0.717, 1.165) is 23.5 Å².